The van der Waals surface area contributed by atoms with Crippen LogP contribution in [-0.2, 0) is 4.74 Å². The van der Waals surface area contributed by atoms with E-state index in [-0.39, 0.29) is 6.23 Å². The molecule has 3 unspecified atom stereocenters. The van der Waals surface area contributed by atoms with Gasteiger partial charge < -0.3 is 4.74 Å². The number of nitrogens with two attached hydrogens (primary N) is 1. The van der Waals surface area contributed by atoms with Gasteiger partial charge in [-0.1, -0.05) is 6.92 Å². The molecule has 2 aliphatic heterocycles. The van der Waals surface area contributed by atoms with Gasteiger partial charge in [-0.25, -0.2) is 5.01 Å². The Morgan fingerprint density at radius 2 is 2.42 bits per heavy atom. The molecule has 2 aliphatic rings. The molecular formula is C8H17N3O. The summed E-state index contributed by atoms with van der Waals surface area (Å²) < 4.78 is 5.59. The van der Waals surface area contributed by atoms with Crippen LogP contribution in [0.3, 0.4) is 0 Å². The Kier molecular flexibility index (Phi) is 2.32. The minimum Gasteiger partial charge on any atom is -0.360 e. The predicted octanol–water partition coefficient (Wildman–Crippen LogP) is -0.484. The van der Waals surface area contributed by atoms with Crippen LogP contribution in [0.5, 0.6) is 0 Å². The van der Waals surface area contributed by atoms with Gasteiger partial charge in [-0.15, -0.1) is 0 Å². The number of hydrogen-bond donors (Lipinski definition) is 2. The first-order valence-electron chi connectivity index (χ1n) is 4.65. The lowest BCUT2D eigenvalue weighted by Gasteiger charge is -2.45. The van der Waals surface area contributed by atoms with Crippen molar-refractivity contribution in [1.82, 2.24) is 10.3 Å². The zero-order valence-electron chi connectivity index (χ0n) is 7.49. The monoisotopic (exact) mass is 171 g/mol. The van der Waals surface area contributed by atoms with Gasteiger partial charge in [0.15, 0.2) is 0 Å². The number of nitrogens with zero attached hydrogens (tertiary/aromatic N) is 1. The molecule has 0 saturated carbocycles. The molecule has 12 heavy (non-hydrogen) atoms. The fourth-order valence-corrected chi connectivity index (χ4v) is 2.14. The molecule has 0 aliphatic carbocycles. The van der Waals surface area contributed by atoms with Gasteiger partial charge >= 0.3 is 0 Å². The standard InChI is InChI=1S/C8H17N3O/c1-6-2-3-10-8-7(6)11(9)4-5-12-8/h6-8,10H,2-5,9H2,1H3. The van der Waals surface area contributed by atoms with E-state index in [0.717, 1.165) is 19.7 Å². The van der Waals surface area contributed by atoms with E-state index in [2.05, 4.69) is 12.2 Å². The minimum atomic E-state index is 0.160. The summed E-state index contributed by atoms with van der Waals surface area (Å²) in [5.74, 6) is 6.53. The fourth-order valence-electron chi connectivity index (χ4n) is 2.14. The van der Waals surface area contributed by atoms with Crippen molar-refractivity contribution in [2.24, 2.45) is 11.8 Å². The summed E-state index contributed by atoms with van der Waals surface area (Å²) in [6.07, 6.45) is 1.35. The summed E-state index contributed by atoms with van der Waals surface area (Å²) in [6.45, 7) is 4.90. The maximum atomic E-state index is 5.89. The molecule has 4 nitrogen and oxygen atoms in total. The Labute approximate surface area is 73.0 Å². The van der Waals surface area contributed by atoms with Crippen LogP contribution in [-0.4, -0.2) is 37.0 Å². The maximum Gasteiger partial charge on any atom is 0.125 e. The summed E-state index contributed by atoms with van der Waals surface area (Å²) in [5.41, 5.74) is 0. The lowest BCUT2D eigenvalue weighted by atomic mass is 9.92. The number of fused-ring (bicyclic) bond motifs is 1. The van der Waals surface area contributed by atoms with Gasteiger partial charge in [0.25, 0.3) is 0 Å². The first kappa shape index (κ1) is 8.44. The smallest absolute Gasteiger partial charge is 0.125 e. The van der Waals surface area contributed by atoms with Crippen molar-refractivity contribution in [3.8, 4) is 0 Å². The van der Waals surface area contributed by atoms with Gasteiger partial charge in [0.2, 0.25) is 0 Å². The molecule has 2 fully saturated rings. The third kappa shape index (κ3) is 1.35. The van der Waals surface area contributed by atoms with E-state index < -0.39 is 0 Å². The summed E-state index contributed by atoms with van der Waals surface area (Å²) in [4.78, 5) is 0. The molecular weight excluding hydrogens is 154 g/mol. The van der Waals surface area contributed by atoms with Crippen molar-refractivity contribution in [2.75, 3.05) is 19.7 Å². The van der Waals surface area contributed by atoms with Crippen LogP contribution in [0.25, 0.3) is 0 Å². The molecule has 70 valence electrons. The van der Waals surface area contributed by atoms with Crippen LogP contribution < -0.4 is 11.2 Å². The number of morpholine rings is 1. The lowest BCUT2D eigenvalue weighted by Crippen LogP contribution is -2.64. The van der Waals surface area contributed by atoms with Crippen molar-refractivity contribution in [2.45, 2.75) is 25.6 Å². The molecule has 3 N–H and O–H groups in total. The van der Waals surface area contributed by atoms with E-state index in [1.54, 1.807) is 0 Å². The molecule has 2 saturated heterocycles. The molecule has 0 spiro atoms. The third-order valence-electron chi connectivity index (χ3n) is 2.87. The fraction of sp³-hybridized carbons (Fsp3) is 1.00. The third-order valence-corrected chi connectivity index (χ3v) is 2.87. The highest BCUT2D eigenvalue weighted by atomic mass is 16.5. The highest BCUT2D eigenvalue weighted by Gasteiger charge is 2.37. The lowest BCUT2D eigenvalue weighted by molar-refractivity contribution is -0.117. The number of hydrazine groups is 1. The molecule has 3 atom stereocenters. The predicted molar refractivity (Wildman–Crippen MR) is 46.2 cm³/mol. The molecule has 0 aromatic heterocycles. The Balaban J connectivity index is 2.07. The van der Waals surface area contributed by atoms with Crippen LogP contribution in [0.4, 0.5) is 0 Å². The second-order valence-corrected chi connectivity index (χ2v) is 3.74. The minimum absolute atomic E-state index is 0.160. The number of nitrogens with one attached hydrogen (secondary N) is 1. The number of rotatable bonds is 0. The highest BCUT2D eigenvalue weighted by molar-refractivity contribution is 4.87. The van der Waals surface area contributed by atoms with Crippen molar-refractivity contribution in [1.29, 1.82) is 0 Å². The first-order valence-corrected chi connectivity index (χ1v) is 4.65. The van der Waals surface area contributed by atoms with E-state index >= 15 is 0 Å². The van der Waals surface area contributed by atoms with Crippen LogP contribution in [0.2, 0.25) is 0 Å². The second-order valence-electron chi connectivity index (χ2n) is 3.74. The van der Waals surface area contributed by atoms with Gasteiger partial charge in [-0.2, -0.15) is 0 Å². The van der Waals surface area contributed by atoms with E-state index in [1.807, 2.05) is 5.01 Å². The topological polar surface area (TPSA) is 50.5 Å². The average Bonchev–Trinajstić information content (AvgIpc) is 2.04. The molecule has 0 aromatic carbocycles. The van der Waals surface area contributed by atoms with Gasteiger partial charge in [0, 0.05) is 6.54 Å². The molecule has 0 amide bonds. The molecule has 0 radical (unpaired) electrons. The zero-order valence-corrected chi connectivity index (χ0v) is 7.49. The molecule has 2 heterocycles. The summed E-state index contributed by atoms with van der Waals surface area (Å²) >= 11 is 0. The SMILES string of the molecule is CC1CCNC2OCCN(N)C12. The molecule has 0 aromatic rings. The van der Waals surface area contributed by atoms with E-state index in [9.17, 15) is 0 Å². The molecule has 2 rings (SSSR count). The van der Waals surface area contributed by atoms with Crippen LogP contribution in [0.1, 0.15) is 13.3 Å². The van der Waals surface area contributed by atoms with E-state index in [0.29, 0.717) is 12.0 Å². The second kappa shape index (κ2) is 3.30. The first-order chi connectivity index (χ1) is 5.79. The summed E-state index contributed by atoms with van der Waals surface area (Å²) in [7, 11) is 0. The summed E-state index contributed by atoms with van der Waals surface area (Å²) in [5, 5.41) is 5.26. The normalized spacial score (nSPS) is 44.0. The van der Waals surface area contributed by atoms with E-state index in [4.69, 9.17) is 10.6 Å². The molecule has 0 bridgehead atoms. The summed E-state index contributed by atoms with van der Waals surface area (Å²) in [6, 6.07) is 0.368. The Morgan fingerprint density at radius 3 is 3.17 bits per heavy atom. The zero-order chi connectivity index (χ0) is 8.55. The number of piperidine rings is 1. The van der Waals surface area contributed by atoms with Crippen molar-refractivity contribution >= 4 is 0 Å². The van der Waals surface area contributed by atoms with Gasteiger partial charge in [0.1, 0.15) is 6.23 Å². The Hall–Kier alpha value is -0.160. The van der Waals surface area contributed by atoms with Crippen molar-refractivity contribution in [3.63, 3.8) is 0 Å². The Bertz CT molecular complexity index is 148. The van der Waals surface area contributed by atoms with Gasteiger partial charge in [-0.3, -0.25) is 11.2 Å². The maximum absolute atomic E-state index is 5.89. The number of ether oxygens (including phenoxy) is 1. The van der Waals surface area contributed by atoms with Crippen LogP contribution in [0, 0.1) is 5.92 Å². The number of hydrogen-bond acceptors (Lipinski definition) is 4. The Morgan fingerprint density at radius 1 is 1.58 bits per heavy atom. The molecule has 4 heteroatoms. The van der Waals surface area contributed by atoms with Crippen LogP contribution >= 0.6 is 0 Å². The highest BCUT2D eigenvalue weighted by Crippen LogP contribution is 2.23. The van der Waals surface area contributed by atoms with E-state index in [1.165, 1.54) is 6.42 Å². The average molecular weight is 171 g/mol. The quantitative estimate of drug-likeness (QED) is 0.483. The van der Waals surface area contributed by atoms with Crippen molar-refractivity contribution in [3.05, 3.63) is 0 Å². The van der Waals surface area contributed by atoms with Gasteiger partial charge in [-0.05, 0) is 18.9 Å². The largest absolute Gasteiger partial charge is 0.360 e. The van der Waals surface area contributed by atoms with Crippen LogP contribution in [0.15, 0.2) is 0 Å². The van der Waals surface area contributed by atoms with Gasteiger partial charge in [0.05, 0.1) is 12.6 Å². The van der Waals surface area contributed by atoms with Crippen molar-refractivity contribution < 1.29 is 4.74 Å².